The van der Waals surface area contributed by atoms with Crippen molar-refractivity contribution >= 4 is 40.9 Å². The number of morpholine rings is 1. The molecule has 1 atom stereocenters. The van der Waals surface area contributed by atoms with E-state index in [1.54, 1.807) is 17.0 Å². The van der Waals surface area contributed by atoms with Crippen LogP contribution in [0.1, 0.15) is 5.56 Å². The molecule has 4 rings (SSSR count). The highest BCUT2D eigenvalue weighted by Crippen LogP contribution is 2.35. The lowest BCUT2D eigenvalue weighted by Gasteiger charge is -2.32. The first-order valence-electron chi connectivity index (χ1n) is 9.50. The van der Waals surface area contributed by atoms with Crippen LogP contribution in [0, 0.1) is 6.92 Å². The summed E-state index contributed by atoms with van der Waals surface area (Å²) < 4.78 is 22.3. The van der Waals surface area contributed by atoms with Crippen molar-refractivity contribution in [3.8, 4) is 17.2 Å². The van der Waals surface area contributed by atoms with Gasteiger partial charge in [-0.25, -0.2) is 0 Å². The molecule has 0 spiro atoms. The zero-order chi connectivity index (χ0) is 21.1. The van der Waals surface area contributed by atoms with E-state index in [9.17, 15) is 4.79 Å². The molecule has 1 unspecified atom stereocenters. The summed E-state index contributed by atoms with van der Waals surface area (Å²) >= 11 is 13.7. The topological polar surface area (TPSA) is 57.2 Å². The SMILES string of the molecule is Cc1cc(SCC(=O)N2CCOC(COc3ccc4c(c3)OCO4)C2)c(Cl)cc1Cl. The maximum Gasteiger partial charge on any atom is 0.233 e. The first-order chi connectivity index (χ1) is 14.5. The van der Waals surface area contributed by atoms with Crippen molar-refractivity contribution in [2.24, 2.45) is 0 Å². The van der Waals surface area contributed by atoms with Crippen LogP contribution in [0.25, 0.3) is 0 Å². The van der Waals surface area contributed by atoms with Gasteiger partial charge in [-0.3, -0.25) is 4.79 Å². The molecule has 0 radical (unpaired) electrons. The van der Waals surface area contributed by atoms with E-state index in [-0.39, 0.29) is 18.8 Å². The van der Waals surface area contributed by atoms with Crippen LogP contribution in [-0.4, -0.2) is 55.8 Å². The second-order valence-corrected chi connectivity index (χ2v) is 8.81. The minimum absolute atomic E-state index is 0.0417. The third kappa shape index (κ3) is 5.09. The van der Waals surface area contributed by atoms with Crippen LogP contribution in [0.15, 0.2) is 35.2 Å². The van der Waals surface area contributed by atoms with Crippen LogP contribution in [0.4, 0.5) is 0 Å². The number of hydrogen-bond acceptors (Lipinski definition) is 6. The summed E-state index contributed by atoms with van der Waals surface area (Å²) in [6, 6.07) is 9.06. The van der Waals surface area contributed by atoms with Gasteiger partial charge in [0.2, 0.25) is 12.7 Å². The van der Waals surface area contributed by atoms with Gasteiger partial charge in [-0.15, -0.1) is 11.8 Å². The molecule has 2 heterocycles. The van der Waals surface area contributed by atoms with Gasteiger partial charge in [0.15, 0.2) is 11.5 Å². The van der Waals surface area contributed by atoms with E-state index in [1.807, 2.05) is 25.1 Å². The minimum atomic E-state index is -0.195. The first kappa shape index (κ1) is 21.4. The maximum atomic E-state index is 12.7. The van der Waals surface area contributed by atoms with E-state index >= 15 is 0 Å². The normalized spacial score (nSPS) is 17.8. The fraction of sp³-hybridized carbons (Fsp3) is 0.381. The molecule has 0 aromatic heterocycles. The highest BCUT2D eigenvalue weighted by Gasteiger charge is 2.25. The standard InChI is InChI=1S/C21H21Cl2NO5S/c1-13-6-20(17(23)8-16(13)22)30-11-21(25)24-4-5-26-15(9-24)10-27-14-2-3-18-19(7-14)29-12-28-18/h2-3,6-8,15H,4-5,9-12H2,1H3. The molecule has 1 fully saturated rings. The number of carbonyl (C=O) groups excluding carboxylic acids is 1. The molecule has 0 aliphatic carbocycles. The Kier molecular flexibility index (Phi) is 6.83. The van der Waals surface area contributed by atoms with Crippen molar-refractivity contribution in [2.75, 3.05) is 38.8 Å². The van der Waals surface area contributed by atoms with E-state index in [1.165, 1.54) is 11.8 Å². The minimum Gasteiger partial charge on any atom is -0.491 e. The van der Waals surface area contributed by atoms with Crippen molar-refractivity contribution in [3.05, 3.63) is 45.9 Å². The van der Waals surface area contributed by atoms with E-state index in [0.29, 0.717) is 59.3 Å². The molecule has 1 saturated heterocycles. The molecule has 0 saturated carbocycles. The molecule has 2 aromatic carbocycles. The molecule has 9 heteroatoms. The van der Waals surface area contributed by atoms with Crippen molar-refractivity contribution in [2.45, 2.75) is 17.9 Å². The molecule has 160 valence electrons. The summed E-state index contributed by atoms with van der Waals surface area (Å²) in [6.45, 7) is 4.01. The zero-order valence-corrected chi connectivity index (χ0v) is 18.7. The zero-order valence-electron chi connectivity index (χ0n) is 16.4. The summed E-state index contributed by atoms with van der Waals surface area (Å²) in [5.74, 6) is 2.40. The molecule has 2 aliphatic rings. The fourth-order valence-corrected chi connectivity index (χ4v) is 4.64. The Hall–Kier alpha value is -1.80. The Bertz CT molecular complexity index is 942. The van der Waals surface area contributed by atoms with Gasteiger partial charge in [0.1, 0.15) is 18.5 Å². The van der Waals surface area contributed by atoms with E-state index in [0.717, 1.165) is 10.5 Å². The van der Waals surface area contributed by atoms with Crippen molar-refractivity contribution < 1.29 is 23.7 Å². The van der Waals surface area contributed by atoms with Crippen molar-refractivity contribution in [3.63, 3.8) is 0 Å². The first-order valence-corrected chi connectivity index (χ1v) is 11.2. The molecule has 2 aliphatic heterocycles. The number of rotatable bonds is 6. The number of amides is 1. The quantitative estimate of drug-likeness (QED) is 0.583. The van der Waals surface area contributed by atoms with Gasteiger partial charge in [0.05, 0.1) is 23.9 Å². The monoisotopic (exact) mass is 469 g/mol. The van der Waals surface area contributed by atoms with Crippen LogP contribution >= 0.6 is 35.0 Å². The molecule has 0 N–H and O–H groups in total. The highest BCUT2D eigenvalue weighted by molar-refractivity contribution is 8.00. The number of ether oxygens (including phenoxy) is 4. The summed E-state index contributed by atoms with van der Waals surface area (Å²) in [6.07, 6.45) is -0.195. The Labute approximate surface area is 189 Å². The Morgan fingerprint density at radius 2 is 2.03 bits per heavy atom. The molecule has 1 amide bonds. The van der Waals surface area contributed by atoms with Gasteiger partial charge in [-0.2, -0.15) is 0 Å². The van der Waals surface area contributed by atoms with E-state index in [2.05, 4.69) is 0 Å². The number of halogens is 2. The van der Waals surface area contributed by atoms with Crippen LogP contribution in [0.5, 0.6) is 17.2 Å². The molecule has 30 heavy (non-hydrogen) atoms. The van der Waals surface area contributed by atoms with Crippen molar-refractivity contribution in [1.82, 2.24) is 4.90 Å². The largest absolute Gasteiger partial charge is 0.491 e. The fourth-order valence-electron chi connectivity index (χ4n) is 3.17. The second kappa shape index (κ2) is 9.56. The Morgan fingerprint density at radius 1 is 1.20 bits per heavy atom. The Balaban J connectivity index is 1.28. The van der Waals surface area contributed by atoms with Crippen LogP contribution < -0.4 is 14.2 Å². The van der Waals surface area contributed by atoms with Crippen molar-refractivity contribution in [1.29, 1.82) is 0 Å². The predicted octanol–water partition coefficient (Wildman–Crippen LogP) is 4.43. The number of aryl methyl sites for hydroxylation is 1. The lowest BCUT2D eigenvalue weighted by molar-refractivity contribution is -0.137. The lowest BCUT2D eigenvalue weighted by atomic mass is 10.2. The van der Waals surface area contributed by atoms with Gasteiger partial charge in [0.25, 0.3) is 0 Å². The van der Waals surface area contributed by atoms with Gasteiger partial charge < -0.3 is 23.8 Å². The number of hydrogen-bond donors (Lipinski definition) is 0. The van der Waals surface area contributed by atoms with Crippen LogP contribution in [-0.2, 0) is 9.53 Å². The number of carbonyl (C=O) groups is 1. The summed E-state index contributed by atoms with van der Waals surface area (Å²) in [7, 11) is 0. The molecule has 0 bridgehead atoms. The number of nitrogens with zero attached hydrogens (tertiary/aromatic N) is 1. The third-order valence-electron chi connectivity index (χ3n) is 4.84. The second-order valence-electron chi connectivity index (χ2n) is 6.98. The molecular formula is C21H21Cl2NO5S. The number of thioether (sulfide) groups is 1. The summed E-state index contributed by atoms with van der Waals surface area (Å²) in [5, 5.41) is 1.18. The lowest BCUT2D eigenvalue weighted by Crippen LogP contribution is -2.48. The summed E-state index contributed by atoms with van der Waals surface area (Å²) in [4.78, 5) is 15.3. The smallest absolute Gasteiger partial charge is 0.233 e. The Morgan fingerprint density at radius 3 is 2.90 bits per heavy atom. The number of fused-ring (bicyclic) bond motifs is 1. The molecule has 6 nitrogen and oxygen atoms in total. The average Bonchev–Trinajstić information content (AvgIpc) is 3.22. The molecule has 2 aromatic rings. The van der Waals surface area contributed by atoms with Gasteiger partial charge in [0, 0.05) is 22.5 Å². The van der Waals surface area contributed by atoms with E-state index in [4.69, 9.17) is 42.1 Å². The van der Waals surface area contributed by atoms with Crippen LogP contribution in [0.3, 0.4) is 0 Å². The summed E-state index contributed by atoms with van der Waals surface area (Å²) in [5.41, 5.74) is 0.933. The maximum absolute atomic E-state index is 12.7. The number of benzene rings is 2. The highest BCUT2D eigenvalue weighted by atomic mass is 35.5. The van der Waals surface area contributed by atoms with Gasteiger partial charge in [-0.05, 0) is 36.8 Å². The third-order valence-corrected chi connectivity index (χ3v) is 6.71. The average molecular weight is 470 g/mol. The predicted molar refractivity (Wildman–Crippen MR) is 116 cm³/mol. The van der Waals surface area contributed by atoms with Gasteiger partial charge in [-0.1, -0.05) is 23.2 Å². The van der Waals surface area contributed by atoms with Crippen LogP contribution in [0.2, 0.25) is 10.0 Å². The molecular weight excluding hydrogens is 449 g/mol. The van der Waals surface area contributed by atoms with Gasteiger partial charge >= 0.3 is 0 Å². The van der Waals surface area contributed by atoms with E-state index < -0.39 is 0 Å².